The molecule has 0 fully saturated rings. The van der Waals surface area contributed by atoms with Crippen LogP contribution in [0.5, 0.6) is 0 Å². The Morgan fingerprint density at radius 2 is 1.58 bits per heavy atom. The molecule has 6 heteroatoms. The summed E-state index contributed by atoms with van der Waals surface area (Å²) in [4.78, 5) is 12.6. The smallest absolute Gasteiger partial charge is 0.234 e. The second kappa shape index (κ2) is 9.18. The minimum Gasteiger partial charge on any atom is -0.325 e. The second-order valence-corrected chi connectivity index (χ2v) is 8.32. The molecule has 156 valence electrons. The lowest BCUT2D eigenvalue weighted by molar-refractivity contribution is -0.113. The normalized spacial score (nSPS) is 10.8. The van der Waals surface area contributed by atoms with Gasteiger partial charge in [0.25, 0.3) is 0 Å². The number of carbonyl (C=O) groups is 1. The Balaban J connectivity index is 1.61. The van der Waals surface area contributed by atoms with E-state index in [1.807, 2.05) is 85.1 Å². The summed E-state index contributed by atoms with van der Waals surface area (Å²) in [6.45, 7) is 6.11. The Morgan fingerprint density at radius 1 is 0.871 bits per heavy atom. The molecule has 0 aliphatic rings. The molecule has 0 saturated carbocycles. The van der Waals surface area contributed by atoms with Gasteiger partial charge in [0.1, 0.15) is 0 Å². The average molecular weight is 429 g/mol. The van der Waals surface area contributed by atoms with Crippen LogP contribution in [0.4, 0.5) is 5.69 Å². The number of nitrogens with zero attached hydrogens (tertiary/aromatic N) is 3. The van der Waals surface area contributed by atoms with E-state index in [-0.39, 0.29) is 11.7 Å². The van der Waals surface area contributed by atoms with E-state index in [4.69, 9.17) is 0 Å². The van der Waals surface area contributed by atoms with Crippen LogP contribution in [-0.4, -0.2) is 26.4 Å². The molecule has 0 radical (unpaired) electrons. The molecule has 1 heterocycles. The summed E-state index contributed by atoms with van der Waals surface area (Å²) < 4.78 is 2.01. The van der Waals surface area contributed by atoms with Crippen molar-refractivity contribution in [2.24, 2.45) is 0 Å². The predicted molar refractivity (Wildman–Crippen MR) is 127 cm³/mol. The fraction of sp³-hybridized carbons (Fsp3) is 0.160. The van der Waals surface area contributed by atoms with Crippen molar-refractivity contribution in [3.63, 3.8) is 0 Å². The highest BCUT2D eigenvalue weighted by Crippen LogP contribution is 2.29. The van der Waals surface area contributed by atoms with Gasteiger partial charge in [0.15, 0.2) is 11.0 Å². The van der Waals surface area contributed by atoms with Gasteiger partial charge < -0.3 is 5.32 Å². The van der Waals surface area contributed by atoms with Crippen LogP contribution in [0.25, 0.3) is 17.1 Å². The van der Waals surface area contributed by atoms with Crippen molar-refractivity contribution in [3.05, 3.63) is 89.5 Å². The lowest BCUT2D eigenvalue weighted by Crippen LogP contribution is -2.15. The van der Waals surface area contributed by atoms with Crippen LogP contribution in [0.2, 0.25) is 0 Å². The van der Waals surface area contributed by atoms with E-state index in [2.05, 4.69) is 28.5 Å². The molecule has 1 aromatic heterocycles. The van der Waals surface area contributed by atoms with E-state index in [1.165, 1.54) is 11.8 Å². The molecule has 0 unspecified atom stereocenters. The molecule has 0 aliphatic heterocycles. The van der Waals surface area contributed by atoms with Crippen LogP contribution in [-0.2, 0) is 4.79 Å². The molecule has 4 rings (SSSR count). The zero-order chi connectivity index (χ0) is 21.8. The van der Waals surface area contributed by atoms with Crippen molar-refractivity contribution in [2.45, 2.75) is 25.9 Å². The van der Waals surface area contributed by atoms with Crippen molar-refractivity contribution < 1.29 is 4.79 Å². The van der Waals surface area contributed by atoms with Gasteiger partial charge in [0, 0.05) is 16.9 Å². The van der Waals surface area contributed by atoms with Gasteiger partial charge in [0.05, 0.1) is 5.75 Å². The number of aryl methyl sites for hydroxylation is 2. The average Bonchev–Trinajstić information content (AvgIpc) is 3.20. The van der Waals surface area contributed by atoms with E-state index >= 15 is 0 Å². The summed E-state index contributed by atoms with van der Waals surface area (Å²) in [5.74, 6) is 0.937. The maximum Gasteiger partial charge on any atom is 0.234 e. The Kier molecular flexibility index (Phi) is 6.18. The summed E-state index contributed by atoms with van der Waals surface area (Å²) in [5.41, 5.74) is 6.17. The molecule has 0 bridgehead atoms. The molecular weight excluding hydrogens is 404 g/mol. The lowest BCUT2D eigenvalue weighted by Gasteiger charge is -2.12. The summed E-state index contributed by atoms with van der Waals surface area (Å²) in [7, 11) is 0. The van der Waals surface area contributed by atoms with E-state index in [1.54, 1.807) is 0 Å². The van der Waals surface area contributed by atoms with E-state index in [9.17, 15) is 4.79 Å². The molecule has 1 amide bonds. The molecule has 3 aromatic carbocycles. The van der Waals surface area contributed by atoms with Gasteiger partial charge in [-0.1, -0.05) is 66.4 Å². The number of hydrogen-bond donors (Lipinski definition) is 1. The number of anilines is 1. The van der Waals surface area contributed by atoms with Gasteiger partial charge in [-0.05, 0) is 55.7 Å². The highest BCUT2D eigenvalue weighted by Gasteiger charge is 2.18. The number of para-hydroxylation sites is 1. The Bertz CT molecular complexity index is 1220. The third-order valence-electron chi connectivity index (χ3n) is 5.24. The van der Waals surface area contributed by atoms with Crippen LogP contribution in [0.3, 0.4) is 0 Å². The molecule has 4 aromatic rings. The van der Waals surface area contributed by atoms with Crippen molar-refractivity contribution in [1.82, 2.24) is 14.8 Å². The van der Waals surface area contributed by atoms with E-state index in [0.717, 1.165) is 39.5 Å². The van der Waals surface area contributed by atoms with Crippen molar-refractivity contribution in [2.75, 3.05) is 11.1 Å². The van der Waals surface area contributed by atoms with Crippen molar-refractivity contribution in [1.29, 1.82) is 0 Å². The fourth-order valence-corrected chi connectivity index (χ4v) is 4.13. The SMILES string of the molecule is Cc1ccccc1-c1nnc(SCC(=O)Nc2cccc(C)c2C)n1-c1ccccc1. The first-order valence-corrected chi connectivity index (χ1v) is 11.1. The quantitative estimate of drug-likeness (QED) is 0.407. The van der Waals surface area contributed by atoms with Gasteiger partial charge in [-0.15, -0.1) is 10.2 Å². The first-order valence-electron chi connectivity index (χ1n) is 10.1. The zero-order valence-corrected chi connectivity index (χ0v) is 18.6. The summed E-state index contributed by atoms with van der Waals surface area (Å²) in [6, 6.07) is 24.0. The molecule has 31 heavy (non-hydrogen) atoms. The number of aromatic nitrogens is 3. The van der Waals surface area contributed by atoms with Gasteiger partial charge in [-0.3, -0.25) is 9.36 Å². The largest absolute Gasteiger partial charge is 0.325 e. The second-order valence-electron chi connectivity index (χ2n) is 7.38. The van der Waals surface area contributed by atoms with E-state index < -0.39 is 0 Å². The Hall–Kier alpha value is -3.38. The van der Waals surface area contributed by atoms with E-state index in [0.29, 0.717) is 5.16 Å². The summed E-state index contributed by atoms with van der Waals surface area (Å²) in [6.07, 6.45) is 0. The van der Waals surface area contributed by atoms with Crippen LogP contribution >= 0.6 is 11.8 Å². The van der Waals surface area contributed by atoms with Crippen LogP contribution in [0.1, 0.15) is 16.7 Å². The molecule has 0 spiro atoms. The molecule has 5 nitrogen and oxygen atoms in total. The third kappa shape index (κ3) is 4.54. The topological polar surface area (TPSA) is 59.8 Å². The number of thioether (sulfide) groups is 1. The highest BCUT2D eigenvalue weighted by molar-refractivity contribution is 7.99. The molecule has 0 atom stereocenters. The van der Waals surface area contributed by atoms with Crippen LogP contribution in [0, 0.1) is 20.8 Å². The lowest BCUT2D eigenvalue weighted by atomic mass is 10.1. The minimum absolute atomic E-state index is 0.0706. The number of carbonyl (C=O) groups excluding carboxylic acids is 1. The molecule has 0 aliphatic carbocycles. The maximum absolute atomic E-state index is 12.6. The molecule has 0 saturated heterocycles. The number of benzene rings is 3. The first kappa shape index (κ1) is 20.9. The third-order valence-corrected chi connectivity index (χ3v) is 6.17. The highest BCUT2D eigenvalue weighted by atomic mass is 32.2. The number of hydrogen-bond acceptors (Lipinski definition) is 4. The monoisotopic (exact) mass is 428 g/mol. The predicted octanol–water partition coefficient (Wildman–Crippen LogP) is 5.59. The van der Waals surface area contributed by atoms with Gasteiger partial charge in [-0.25, -0.2) is 0 Å². The summed E-state index contributed by atoms with van der Waals surface area (Å²) in [5, 5.41) is 12.6. The maximum atomic E-state index is 12.6. The van der Waals surface area contributed by atoms with Crippen LogP contribution in [0.15, 0.2) is 78.0 Å². The van der Waals surface area contributed by atoms with Gasteiger partial charge in [-0.2, -0.15) is 0 Å². The van der Waals surface area contributed by atoms with Crippen molar-refractivity contribution in [3.8, 4) is 17.1 Å². The zero-order valence-electron chi connectivity index (χ0n) is 17.8. The first-order chi connectivity index (χ1) is 15.0. The van der Waals surface area contributed by atoms with Gasteiger partial charge >= 0.3 is 0 Å². The van der Waals surface area contributed by atoms with Crippen molar-refractivity contribution >= 4 is 23.4 Å². The summed E-state index contributed by atoms with van der Waals surface area (Å²) >= 11 is 1.38. The molecule has 1 N–H and O–H groups in total. The number of amides is 1. The standard InChI is InChI=1S/C25H24N4OS/c1-17-11-9-15-22(19(17)3)26-23(30)16-31-25-28-27-24(21-14-8-7-10-18(21)2)29(25)20-12-5-4-6-13-20/h4-15H,16H2,1-3H3,(H,26,30). The fourth-order valence-electron chi connectivity index (χ4n) is 3.37. The Labute approximate surface area is 186 Å². The van der Waals surface area contributed by atoms with Gasteiger partial charge in [0.2, 0.25) is 5.91 Å². The van der Waals surface area contributed by atoms with Crippen LogP contribution < -0.4 is 5.32 Å². The molecular formula is C25H24N4OS. The Morgan fingerprint density at radius 3 is 2.35 bits per heavy atom. The minimum atomic E-state index is -0.0706. The number of rotatable bonds is 6. The number of nitrogens with one attached hydrogen (secondary N) is 1.